The molecule has 0 saturated carbocycles. The highest BCUT2D eigenvalue weighted by atomic mass is 32.2. The SMILES string of the molecule is CSC(C)(C)CNCC(N)=NO. The number of nitrogens with two attached hydrogens (primary N) is 1. The summed E-state index contributed by atoms with van der Waals surface area (Å²) >= 11 is 1.78. The van der Waals surface area contributed by atoms with Crippen molar-refractivity contribution < 1.29 is 5.21 Å². The minimum absolute atomic E-state index is 0.190. The molecule has 0 amide bonds. The van der Waals surface area contributed by atoms with Gasteiger partial charge in [0, 0.05) is 11.3 Å². The Kier molecular flexibility index (Phi) is 5.08. The molecule has 0 unspecified atom stereocenters. The molecule has 0 saturated heterocycles. The van der Waals surface area contributed by atoms with Crippen molar-refractivity contribution in [1.82, 2.24) is 5.32 Å². The van der Waals surface area contributed by atoms with Gasteiger partial charge in [0.25, 0.3) is 0 Å². The normalized spacial score (nSPS) is 13.4. The van der Waals surface area contributed by atoms with Crippen molar-refractivity contribution in [3.8, 4) is 0 Å². The van der Waals surface area contributed by atoms with Crippen LogP contribution >= 0.6 is 11.8 Å². The molecule has 0 rings (SSSR count). The number of hydrogen-bond donors (Lipinski definition) is 3. The summed E-state index contributed by atoms with van der Waals surface area (Å²) in [4.78, 5) is 0. The Morgan fingerprint density at radius 2 is 2.25 bits per heavy atom. The molecule has 4 N–H and O–H groups in total. The van der Waals surface area contributed by atoms with Crippen LogP contribution in [0.3, 0.4) is 0 Å². The second-order valence-electron chi connectivity index (χ2n) is 3.16. The van der Waals surface area contributed by atoms with Crippen LogP contribution in [0, 0.1) is 0 Å². The first kappa shape index (κ1) is 11.6. The lowest BCUT2D eigenvalue weighted by Gasteiger charge is -2.21. The lowest BCUT2D eigenvalue weighted by molar-refractivity contribution is 0.317. The molecule has 12 heavy (non-hydrogen) atoms. The highest BCUT2D eigenvalue weighted by Gasteiger charge is 2.14. The van der Waals surface area contributed by atoms with E-state index in [1.54, 1.807) is 11.8 Å². The van der Waals surface area contributed by atoms with Crippen molar-refractivity contribution in [2.45, 2.75) is 18.6 Å². The van der Waals surface area contributed by atoms with Crippen molar-refractivity contribution >= 4 is 17.6 Å². The summed E-state index contributed by atoms with van der Waals surface area (Å²) in [5.74, 6) is 0.215. The van der Waals surface area contributed by atoms with Crippen molar-refractivity contribution in [3.63, 3.8) is 0 Å². The fourth-order valence-corrected chi connectivity index (χ4v) is 0.846. The zero-order valence-electron chi connectivity index (χ0n) is 7.79. The zero-order valence-corrected chi connectivity index (χ0v) is 8.61. The third kappa shape index (κ3) is 5.26. The van der Waals surface area contributed by atoms with E-state index in [-0.39, 0.29) is 10.6 Å². The summed E-state index contributed by atoms with van der Waals surface area (Å²) in [7, 11) is 0. The molecule has 0 fully saturated rings. The molecule has 0 aromatic carbocycles. The first-order chi connectivity index (χ1) is 5.52. The van der Waals surface area contributed by atoms with Crippen LogP contribution < -0.4 is 11.1 Å². The predicted molar refractivity (Wildman–Crippen MR) is 53.9 cm³/mol. The van der Waals surface area contributed by atoms with Gasteiger partial charge < -0.3 is 16.3 Å². The molecule has 0 radical (unpaired) electrons. The van der Waals surface area contributed by atoms with Gasteiger partial charge in [-0.1, -0.05) is 5.16 Å². The van der Waals surface area contributed by atoms with Gasteiger partial charge in [0.15, 0.2) is 5.84 Å². The first-order valence-electron chi connectivity index (χ1n) is 3.74. The van der Waals surface area contributed by atoms with Crippen LogP contribution in [0.2, 0.25) is 0 Å². The van der Waals surface area contributed by atoms with E-state index in [1.165, 1.54) is 0 Å². The molecule has 0 aromatic heterocycles. The smallest absolute Gasteiger partial charge is 0.153 e. The maximum Gasteiger partial charge on any atom is 0.153 e. The number of amidine groups is 1. The molecule has 0 aliphatic heterocycles. The van der Waals surface area contributed by atoms with E-state index in [0.29, 0.717) is 6.54 Å². The molecule has 0 aliphatic carbocycles. The van der Waals surface area contributed by atoms with Crippen LogP contribution in [-0.4, -0.2) is 35.1 Å². The fourth-order valence-electron chi connectivity index (χ4n) is 0.599. The molecule has 0 atom stereocenters. The van der Waals surface area contributed by atoms with E-state index in [4.69, 9.17) is 10.9 Å². The Labute approximate surface area is 77.6 Å². The zero-order chi connectivity index (χ0) is 9.61. The molecule has 72 valence electrons. The average Bonchev–Trinajstić information content (AvgIpc) is 2.04. The minimum atomic E-state index is 0.190. The van der Waals surface area contributed by atoms with Gasteiger partial charge >= 0.3 is 0 Å². The number of oxime groups is 1. The summed E-state index contributed by atoms with van der Waals surface area (Å²) in [6.45, 7) is 5.54. The molecule has 0 aliphatic rings. The van der Waals surface area contributed by atoms with E-state index in [9.17, 15) is 0 Å². The van der Waals surface area contributed by atoms with E-state index in [0.717, 1.165) is 6.54 Å². The number of thioether (sulfide) groups is 1. The van der Waals surface area contributed by atoms with Crippen LogP contribution in [0.1, 0.15) is 13.8 Å². The van der Waals surface area contributed by atoms with Gasteiger partial charge in [-0.3, -0.25) is 0 Å². The molecule has 0 bridgehead atoms. The third-order valence-corrected chi connectivity index (χ3v) is 2.79. The predicted octanol–water partition coefficient (Wildman–Crippen LogP) is 0.464. The van der Waals surface area contributed by atoms with Gasteiger partial charge in [0.05, 0.1) is 6.54 Å². The summed E-state index contributed by atoms with van der Waals surface area (Å²) < 4.78 is 0.190. The van der Waals surface area contributed by atoms with Gasteiger partial charge in [-0.2, -0.15) is 11.8 Å². The monoisotopic (exact) mass is 191 g/mol. The fraction of sp³-hybridized carbons (Fsp3) is 0.857. The van der Waals surface area contributed by atoms with E-state index < -0.39 is 0 Å². The van der Waals surface area contributed by atoms with Gasteiger partial charge in [0.1, 0.15) is 0 Å². The summed E-state index contributed by atoms with van der Waals surface area (Å²) in [5.41, 5.74) is 5.27. The Morgan fingerprint density at radius 1 is 1.67 bits per heavy atom. The van der Waals surface area contributed by atoms with Gasteiger partial charge in [-0.25, -0.2) is 0 Å². The number of hydrogen-bond acceptors (Lipinski definition) is 4. The van der Waals surface area contributed by atoms with Crippen molar-refractivity contribution in [2.24, 2.45) is 10.9 Å². The number of nitrogens with zero attached hydrogens (tertiary/aromatic N) is 1. The minimum Gasteiger partial charge on any atom is -0.409 e. The topological polar surface area (TPSA) is 70.6 Å². The molecule has 0 spiro atoms. The third-order valence-electron chi connectivity index (χ3n) is 1.54. The Balaban J connectivity index is 3.56. The summed E-state index contributed by atoms with van der Waals surface area (Å²) in [6.07, 6.45) is 2.06. The highest BCUT2D eigenvalue weighted by molar-refractivity contribution is 7.99. The van der Waals surface area contributed by atoms with Crippen LogP contribution in [0.5, 0.6) is 0 Å². The van der Waals surface area contributed by atoms with Crippen molar-refractivity contribution in [3.05, 3.63) is 0 Å². The molecule has 4 nitrogen and oxygen atoms in total. The van der Waals surface area contributed by atoms with Crippen molar-refractivity contribution in [1.29, 1.82) is 0 Å². The molecule has 0 aromatic rings. The molecular formula is C7H17N3OS. The first-order valence-corrected chi connectivity index (χ1v) is 4.96. The summed E-state index contributed by atoms with van der Waals surface area (Å²) in [5, 5.41) is 14.2. The standard InChI is InChI=1S/C7H17N3OS/c1-7(2,12-3)5-9-4-6(8)10-11/h9,11H,4-5H2,1-3H3,(H2,8,10). The quantitative estimate of drug-likeness (QED) is 0.255. The maximum atomic E-state index is 8.24. The molecular weight excluding hydrogens is 174 g/mol. The van der Waals surface area contributed by atoms with Crippen LogP contribution in [-0.2, 0) is 0 Å². The number of rotatable bonds is 5. The lowest BCUT2D eigenvalue weighted by Crippen LogP contribution is -2.37. The van der Waals surface area contributed by atoms with E-state index in [2.05, 4.69) is 30.6 Å². The van der Waals surface area contributed by atoms with Gasteiger partial charge in [0.2, 0.25) is 0 Å². The van der Waals surface area contributed by atoms with Gasteiger partial charge in [-0.05, 0) is 20.1 Å². The molecule has 5 heteroatoms. The lowest BCUT2D eigenvalue weighted by atomic mass is 10.2. The number of nitrogens with one attached hydrogen (secondary N) is 1. The Morgan fingerprint density at radius 3 is 2.67 bits per heavy atom. The Bertz CT molecular complexity index is 159. The van der Waals surface area contributed by atoms with Crippen LogP contribution in [0.25, 0.3) is 0 Å². The van der Waals surface area contributed by atoms with E-state index in [1.807, 2.05) is 0 Å². The van der Waals surface area contributed by atoms with Gasteiger partial charge in [-0.15, -0.1) is 0 Å². The average molecular weight is 191 g/mol. The largest absolute Gasteiger partial charge is 0.409 e. The second kappa shape index (κ2) is 5.27. The van der Waals surface area contributed by atoms with Crippen LogP contribution in [0.15, 0.2) is 5.16 Å². The van der Waals surface area contributed by atoms with Crippen LogP contribution in [0.4, 0.5) is 0 Å². The van der Waals surface area contributed by atoms with E-state index >= 15 is 0 Å². The highest BCUT2D eigenvalue weighted by Crippen LogP contribution is 2.19. The summed E-state index contributed by atoms with van der Waals surface area (Å²) in [6, 6.07) is 0. The second-order valence-corrected chi connectivity index (χ2v) is 4.67. The maximum absolute atomic E-state index is 8.24. The molecule has 0 heterocycles. The Hall–Kier alpha value is -0.420. The van der Waals surface area contributed by atoms with Crippen molar-refractivity contribution in [2.75, 3.05) is 19.3 Å².